The molecule has 5 N–H and O–H groups in total. The topological polar surface area (TPSA) is 121 Å². The standard InChI is InChI=1S/C35H42N6O2/c1-26(40-33-16-14-27-10-2-4-12-29(27)31(33)24-42)35(39-23-9-22-38-20-7-6-19-37-21-8-18-36)41-34-17-15-28-11-3-5-13-30(28)32(34)25-43/h2-5,10-17,24-25,37-38H,6-9,18-23,36H2,1H3,(H,39,41). The molecule has 43 heavy (non-hydrogen) atoms. The van der Waals surface area contributed by atoms with Crippen LogP contribution in [-0.4, -0.2) is 63.4 Å². The molecule has 4 aromatic carbocycles. The summed E-state index contributed by atoms with van der Waals surface area (Å²) in [6.45, 7) is 6.98. The van der Waals surface area contributed by atoms with Crippen molar-refractivity contribution in [3.05, 3.63) is 83.9 Å². The Morgan fingerprint density at radius 2 is 1.30 bits per heavy atom. The highest BCUT2D eigenvalue weighted by Crippen LogP contribution is 2.28. The summed E-state index contributed by atoms with van der Waals surface area (Å²) < 4.78 is 0. The zero-order valence-electron chi connectivity index (χ0n) is 24.9. The number of nitrogens with one attached hydrogen (secondary N) is 3. The van der Waals surface area contributed by atoms with E-state index < -0.39 is 0 Å². The van der Waals surface area contributed by atoms with Gasteiger partial charge in [-0.15, -0.1) is 0 Å². The maximum absolute atomic E-state index is 12.2. The van der Waals surface area contributed by atoms with Crippen molar-refractivity contribution >= 4 is 57.0 Å². The first kappa shape index (κ1) is 31.7. The van der Waals surface area contributed by atoms with Crippen LogP contribution in [0.15, 0.2) is 82.8 Å². The van der Waals surface area contributed by atoms with Crippen molar-refractivity contribution in [1.82, 2.24) is 10.6 Å². The molecule has 8 nitrogen and oxygen atoms in total. The molecule has 0 saturated heterocycles. The highest BCUT2D eigenvalue weighted by molar-refractivity contribution is 6.45. The molecule has 0 spiro atoms. The first-order valence-electron chi connectivity index (χ1n) is 15.1. The van der Waals surface area contributed by atoms with E-state index in [1.54, 1.807) is 0 Å². The number of nitrogens with two attached hydrogens (primary N) is 1. The van der Waals surface area contributed by atoms with E-state index in [4.69, 9.17) is 15.7 Å². The lowest BCUT2D eigenvalue weighted by Crippen LogP contribution is -2.23. The number of aldehydes is 2. The van der Waals surface area contributed by atoms with Gasteiger partial charge in [0.2, 0.25) is 0 Å². The van der Waals surface area contributed by atoms with Crippen molar-refractivity contribution < 1.29 is 9.59 Å². The number of amidine groups is 1. The van der Waals surface area contributed by atoms with Gasteiger partial charge < -0.3 is 21.7 Å². The first-order valence-corrected chi connectivity index (χ1v) is 15.1. The second-order valence-electron chi connectivity index (χ2n) is 10.5. The highest BCUT2D eigenvalue weighted by atomic mass is 16.1. The van der Waals surface area contributed by atoms with Gasteiger partial charge in [-0.1, -0.05) is 60.7 Å². The fourth-order valence-corrected chi connectivity index (χ4v) is 5.01. The summed E-state index contributed by atoms with van der Waals surface area (Å²) in [6.07, 6.45) is 5.83. The van der Waals surface area contributed by atoms with Crippen LogP contribution in [0, 0.1) is 0 Å². The van der Waals surface area contributed by atoms with Gasteiger partial charge in [-0.2, -0.15) is 0 Å². The van der Waals surface area contributed by atoms with Gasteiger partial charge in [0, 0.05) is 17.7 Å². The number of benzene rings is 4. The van der Waals surface area contributed by atoms with E-state index in [0.29, 0.717) is 40.6 Å². The fraction of sp³-hybridized carbons (Fsp3) is 0.314. The fourth-order valence-electron chi connectivity index (χ4n) is 5.01. The Morgan fingerprint density at radius 1 is 0.721 bits per heavy atom. The maximum atomic E-state index is 12.2. The molecule has 8 heteroatoms. The van der Waals surface area contributed by atoms with Crippen LogP contribution in [0.25, 0.3) is 21.5 Å². The molecule has 0 saturated carbocycles. The van der Waals surface area contributed by atoms with Crippen LogP contribution in [0.5, 0.6) is 0 Å². The summed E-state index contributed by atoms with van der Waals surface area (Å²) in [7, 11) is 0. The zero-order chi connectivity index (χ0) is 30.3. The second-order valence-corrected chi connectivity index (χ2v) is 10.5. The number of anilines is 1. The van der Waals surface area contributed by atoms with Crippen molar-refractivity contribution in [2.45, 2.75) is 32.6 Å². The minimum Gasteiger partial charge on any atom is -0.338 e. The van der Waals surface area contributed by atoms with E-state index in [0.717, 1.165) is 92.5 Å². The van der Waals surface area contributed by atoms with Crippen LogP contribution in [-0.2, 0) is 0 Å². The van der Waals surface area contributed by atoms with Gasteiger partial charge in [0.15, 0.2) is 12.6 Å². The Kier molecular flexibility index (Phi) is 12.5. The lowest BCUT2D eigenvalue weighted by atomic mass is 10.0. The first-order chi connectivity index (χ1) is 21.2. The average molecular weight is 579 g/mol. The van der Waals surface area contributed by atoms with Crippen LogP contribution >= 0.6 is 0 Å². The Morgan fingerprint density at radius 3 is 1.95 bits per heavy atom. The Bertz CT molecular complexity index is 1580. The number of aliphatic imine (C=N–C) groups is 2. The molecule has 0 fully saturated rings. The summed E-state index contributed by atoms with van der Waals surface area (Å²) in [5, 5.41) is 14.0. The molecule has 0 aromatic heterocycles. The van der Waals surface area contributed by atoms with Crippen molar-refractivity contribution in [2.75, 3.05) is 44.6 Å². The van der Waals surface area contributed by atoms with Gasteiger partial charge in [0.1, 0.15) is 5.84 Å². The largest absolute Gasteiger partial charge is 0.338 e. The van der Waals surface area contributed by atoms with Crippen LogP contribution in [0.2, 0.25) is 0 Å². The monoisotopic (exact) mass is 578 g/mol. The number of nitrogens with zero attached hydrogens (tertiary/aromatic N) is 2. The Balaban J connectivity index is 1.50. The lowest BCUT2D eigenvalue weighted by molar-refractivity contribution is 0.111. The third-order valence-corrected chi connectivity index (χ3v) is 7.33. The molecule has 0 bridgehead atoms. The molecule has 0 radical (unpaired) electrons. The number of hydrogen-bond donors (Lipinski definition) is 4. The third-order valence-electron chi connectivity index (χ3n) is 7.33. The van der Waals surface area contributed by atoms with E-state index in [2.05, 4.69) is 16.0 Å². The summed E-state index contributed by atoms with van der Waals surface area (Å²) in [6, 6.07) is 23.3. The third kappa shape index (κ3) is 8.88. The van der Waals surface area contributed by atoms with E-state index in [9.17, 15) is 9.59 Å². The molecule has 0 amide bonds. The van der Waals surface area contributed by atoms with Crippen LogP contribution in [0.1, 0.15) is 53.3 Å². The smallest absolute Gasteiger partial charge is 0.152 e. The van der Waals surface area contributed by atoms with E-state index in [-0.39, 0.29) is 0 Å². The van der Waals surface area contributed by atoms with E-state index in [1.165, 1.54) is 0 Å². The summed E-state index contributed by atoms with van der Waals surface area (Å²) in [5.74, 6) is 0.562. The summed E-state index contributed by atoms with van der Waals surface area (Å²) in [4.78, 5) is 34.0. The molecule has 0 atom stereocenters. The van der Waals surface area contributed by atoms with Crippen LogP contribution in [0.4, 0.5) is 11.4 Å². The molecule has 0 heterocycles. The van der Waals surface area contributed by atoms with E-state index >= 15 is 0 Å². The Labute approximate surface area is 253 Å². The number of fused-ring (bicyclic) bond motifs is 2. The highest BCUT2D eigenvalue weighted by Gasteiger charge is 2.13. The minimum atomic E-state index is 0.537. The minimum absolute atomic E-state index is 0.537. The van der Waals surface area contributed by atoms with Gasteiger partial charge >= 0.3 is 0 Å². The molecule has 224 valence electrons. The predicted molar refractivity (Wildman–Crippen MR) is 181 cm³/mol. The number of unbranched alkanes of at least 4 members (excludes halogenated alkanes) is 1. The van der Waals surface area contributed by atoms with Gasteiger partial charge in [0.25, 0.3) is 0 Å². The van der Waals surface area contributed by atoms with Crippen molar-refractivity contribution in [3.63, 3.8) is 0 Å². The molecule has 0 aliphatic rings. The van der Waals surface area contributed by atoms with Crippen LogP contribution in [0.3, 0.4) is 0 Å². The molecule has 4 aromatic rings. The lowest BCUT2D eigenvalue weighted by Gasteiger charge is -2.14. The SMILES string of the molecule is CC(=Nc1ccc2ccccc2c1C=O)C(=NCCCNCCCCNCCCN)Nc1ccc2ccccc2c1C=O. The second kappa shape index (κ2) is 17.0. The molecular formula is C35H42N6O2. The predicted octanol–water partition coefficient (Wildman–Crippen LogP) is 5.92. The van der Waals surface area contributed by atoms with Crippen molar-refractivity contribution in [2.24, 2.45) is 15.7 Å². The number of rotatable bonds is 17. The van der Waals surface area contributed by atoms with Gasteiger partial charge in [0.05, 0.1) is 17.1 Å². The van der Waals surface area contributed by atoms with Crippen molar-refractivity contribution in [3.8, 4) is 0 Å². The normalized spacial score (nSPS) is 12.1. The quantitative estimate of drug-likeness (QED) is 0.0534. The van der Waals surface area contributed by atoms with Gasteiger partial charge in [-0.3, -0.25) is 14.6 Å². The van der Waals surface area contributed by atoms with Crippen molar-refractivity contribution in [1.29, 1.82) is 0 Å². The van der Waals surface area contributed by atoms with Crippen LogP contribution < -0.4 is 21.7 Å². The molecule has 0 aliphatic heterocycles. The summed E-state index contributed by atoms with van der Waals surface area (Å²) >= 11 is 0. The van der Waals surface area contributed by atoms with Gasteiger partial charge in [-0.25, -0.2) is 4.99 Å². The molecule has 0 unspecified atom stereocenters. The summed E-state index contributed by atoms with van der Waals surface area (Å²) in [5.41, 5.74) is 8.49. The van der Waals surface area contributed by atoms with E-state index in [1.807, 2.05) is 79.7 Å². The number of hydrogen-bond acceptors (Lipinski definition) is 7. The maximum Gasteiger partial charge on any atom is 0.152 e. The average Bonchev–Trinajstić information content (AvgIpc) is 3.04. The Hall–Kier alpha value is -4.24. The molecule has 0 aliphatic carbocycles. The molecule has 4 rings (SSSR count). The molecular weight excluding hydrogens is 536 g/mol. The van der Waals surface area contributed by atoms with Gasteiger partial charge in [-0.05, 0) is 99.0 Å². The number of carbonyl (C=O) groups excluding carboxylic acids is 2. The zero-order valence-corrected chi connectivity index (χ0v) is 24.9. The number of carbonyl (C=O) groups is 2.